The summed E-state index contributed by atoms with van der Waals surface area (Å²) in [7, 11) is 6.66. The van der Waals surface area contributed by atoms with Gasteiger partial charge in [-0.05, 0) is 54.3 Å². The number of hydrogen-bond acceptors (Lipinski definition) is 8. The standard InChI is InChI=1S/C33H38N4O4S3/c1-23(20-31-35(16-8-18-37(3,4)5)28-22-26(34-24(2)38)13-15-29(28)43-31)21-32-36(17-9-19-42-41-40-39)33-27-11-7-6-10-25(27)12-14-30(33)44-32/h6-7,10-15,20-22H,8-9,16-19H2,1-5H3/p+1. The summed E-state index contributed by atoms with van der Waals surface area (Å²) in [5.74, 6) is 0.567. The van der Waals surface area contributed by atoms with Gasteiger partial charge in [-0.3, -0.25) is 9.83 Å². The van der Waals surface area contributed by atoms with E-state index >= 15 is 0 Å². The average Bonchev–Trinajstić information content (AvgIpc) is 3.49. The minimum absolute atomic E-state index is 0.0731. The summed E-state index contributed by atoms with van der Waals surface area (Å²) in [4.78, 5) is 15.3. The molecule has 0 saturated carbocycles. The highest BCUT2D eigenvalue weighted by Gasteiger charge is 2.27. The van der Waals surface area contributed by atoms with Gasteiger partial charge in [0, 0.05) is 60.8 Å². The molecule has 0 saturated heterocycles. The first-order valence-electron chi connectivity index (χ1n) is 14.6. The number of allylic oxidation sites excluding steroid dienone is 2. The summed E-state index contributed by atoms with van der Waals surface area (Å²) in [6.45, 7) is 6.43. The van der Waals surface area contributed by atoms with Crippen LogP contribution in [0.4, 0.5) is 11.4 Å². The maximum atomic E-state index is 11.8. The van der Waals surface area contributed by atoms with Crippen LogP contribution in [0, 0.1) is 0 Å². The Kier molecular flexibility index (Phi) is 10.7. The molecule has 1 aliphatic heterocycles. The monoisotopic (exact) mass is 651 g/mol. The van der Waals surface area contributed by atoms with Gasteiger partial charge in [-0.2, -0.15) is 8.90 Å². The fraction of sp³-hybridized carbons (Fsp3) is 0.333. The summed E-state index contributed by atoms with van der Waals surface area (Å²) < 4.78 is 9.03. The van der Waals surface area contributed by atoms with Crippen molar-refractivity contribution in [1.29, 1.82) is 0 Å². The number of carbonyl (C=O) groups excluding carboxylic acids is 1. The Labute approximate surface area is 271 Å². The number of thioether (sulfide) groups is 1. The molecule has 0 bridgehead atoms. The molecule has 5 rings (SSSR count). The normalized spacial score (nSPS) is 14.6. The topological polar surface area (TPSA) is 77.7 Å². The molecule has 1 amide bonds. The molecule has 11 heteroatoms. The second kappa shape index (κ2) is 14.5. The second-order valence-corrected chi connectivity index (χ2v) is 14.8. The van der Waals surface area contributed by atoms with E-state index < -0.39 is 0 Å². The van der Waals surface area contributed by atoms with Gasteiger partial charge in [0.25, 0.3) is 5.01 Å². The van der Waals surface area contributed by atoms with Crippen LogP contribution >= 0.6 is 35.1 Å². The number of aryl methyl sites for hydroxylation is 1. The van der Waals surface area contributed by atoms with E-state index in [0.717, 1.165) is 65.9 Å². The van der Waals surface area contributed by atoms with E-state index in [2.05, 4.69) is 113 Å². The van der Waals surface area contributed by atoms with Gasteiger partial charge in [0.2, 0.25) is 11.4 Å². The number of aromatic nitrogens is 1. The number of hydrogen-bond donors (Lipinski definition) is 1. The van der Waals surface area contributed by atoms with Gasteiger partial charge < -0.3 is 20.0 Å². The maximum absolute atomic E-state index is 11.8. The molecule has 0 spiro atoms. The van der Waals surface area contributed by atoms with Crippen molar-refractivity contribution in [3.8, 4) is 0 Å². The number of fused-ring (bicyclic) bond motifs is 4. The number of amides is 1. The van der Waals surface area contributed by atoms with Crippen molar-refractivity contribution in [2.24, 2.45) is 0 Å². The van der Waals surface area contributed by atoms with Crippen molar-refractivity contribution in [2.45, 2.75) is 38.1 Å². The van der Waals surface area contributed by atoms with Crippen LogP contribution in [0.15, 0.2) is 76.2 Å². The third kappa shape index (κ3) is 8.02. The number of quaternary nitrogens is 1. The quantitative estimate of drug-likeness (QED) is 0.0441. The van der Waals surface area contributed by atoms with Crippen LogP contribution in [0.3, 0.4) is 0 Å². The van der Waals surface area contributed by atoms with Gasteiger partial charge in [0.15, 0.2) is 6.54 Å². The third-order valence-electron chi connectivity index (χ3n) is 7.26. The minimum Gasteiger partial charge on any atom is -0.691 e. The average molecular weight is 652 g/mol. The highest BCUT2D eigenvalue weighted by molar-refractivity contribution is 8.03. The Hall–Kier alpha value is -2.90. The van der Waals surface area contributed by atoms with E-state index in [4.69, 9.17) is 0 Å². The van der Waals surface area contributed by atoms with E-state index in [1.165, 1.54) is 42.8 Å². The van der Waals surface area contributed by atoms with Crippen molar-refractivity contribution in [3.05, 3.63) is 76.3 Å². The van der Waals surface area contributed by atoms with Gasteiger partial charge in [-0.1, -0.05) is 47.4 Å². The van der Waals surface area contributed by atoms with E-state index in [1.54, 1.807) is 23.1 Å². The molecule has 1 aliphatic rings. The lowest BCUT2D eigenvalue weighted by Gasteiger charge is -2.26. The number of anilines is 2. The molecule has 0 atom stereocenters. The minimum atomic E-state index is -0.0731. The maximum Gasteiger partial charge on any atom is 0.263 e. The van der Waals surface area contributed by atoms with Gasteiger partial charge in [0.05, 0.1) is 43.8 Å². The molecule has 232 valence electrons. The predicted molar refractivity (Wildman–Crippen MR) is 182 cm³/mol. The van der Waals surface area contributed by atoms with Crippen LogP contribution in [0.25, 0.3) is 27.1 Å². The molecule has 0 unspecified atom stereocenters. The Morgan fingerprint density at radius 1 is 1.11 bits per heavy atom. The molecule has 0 radical (unpaired) electrons. The van der Waals surface area contributed by atoms with Crippen LogP contribution in [0.5, 0.6) is 0 Å². The van der Waals surface area contributed by atoms with E-state index in [0.29, 0.717) is 5.75 Å². The summed E-state index contributed by atoms with van der Waals surface area (Å²) in [5, 5.41) is 21.5. The van der Waals surface area contributed by atoms with Crippen molar-refractivity contribution in [2.75, 3.05) is 50.2 Å². The van der Waals surface area contributed by atoms with Crippen LogP contribution in [0.1, 0.15) is 31.7 Å². The third-order valence-corrected chi connectivity index (χ3v) is 10.1. The summed E-state index contributed by atoms with van der Waals surface area (Å²) >= 11 is 4.59. The van der Waals surface area contributed by atoms with Gasteiger partial charge >= 0.3 is 0 Å². The first kappa shape index (κ1) is 32.5. The number of carbonyl (C=O) groups is 1. The zero-order chi connectivity index (χ0) is 31.3. The number of nitrogens with one attached hydrogen (secondary N) is 1. The van der Waals surface area contributed by atoms with Crippen molar-refractivity contribution in [1.82, 2.24) is 0 Å². The molecule has 3 aromatic carbocycles. The first-order valence-corrected chi connectivity index (χ1v) is 17.2. The summed E-state index contributed by atoms with van der Waals surface area (Å²) in [6.07, 6.45) is 6.40. The molecule has 8 nitrogen and oxygen atoms in total. The second-order valence-electron chi connectivity index (χ2n) is 11.9. The molecule has 0 fully saturated rings. The molecule has 4 aromatic rings. The van der Waals surface area contributed by atoms with Crippen LogP contribution in [-0.2, 0) is 20.7 Å². The molecular formula is C33H39N4O4S3+. The lowest BCUT2D eigenvalue weighted by Crippen LogP contribution is -2.37. The number of thiazole rings is 1. The van der Waals surface area contributed by atoms with E-state index in [-0.39, 0.29) is 5.91 Å². The predicted octanol–water partition coefficient (Wildman–Crippen LogP) is 6.52. The Balaban J connectivity index is 1.49. The SMILES string of the molecule is CC(=O)Nc1ccc2c(c1)N(CCC[N+](C)(C)C)C(=CC(C)=Cc1sc3ccc4ccccc4c3[n+]1CCCSOO[O-])S2. The van der Waals surface area contributed by atoms with Crippen molar-refractivity contribution >= 4 is 79.5 Å². The lowest BCUT2D eigenvalue weighted by molar-refractivity contribution is -0.870. The van der Waals surface area contributed by atoms with Crippen molar-refractivity contribution < 1.29 is 28.5 Å². The van der Waals surface area contributed by atoms with Crippen LogP contribution in [-0.4, -0.2) is 50.4 Å². The first-order chi connectivity index (χ1) is 21.1. The Morgan fingerprint density at radius 3 is 2.70 bits per heavy atom. The van der Waals surface area contributed by atoms with Crippen molar-refractivity contribution in [3.63, 3.8) is 0 Å². The molecule has 1 N–H and O–H groups in total. The number of nitrogens with zero attached hydrogens (tertiary/aromatic N) is 3. The molecule has 0 aliphatic carbocycles. The van der Waals surface area contributed by atoms with Gasteiger partial charge in [-0.25, -0.2) is 0 Å². The highest BCUT2D eigenvalue weighted by Crippen LogP contribution is 2.47. The summed E-state index contributed by atoms with van der Waals surface area (Å²) in [6, 6.07) is 19.0. The number of rotatable bonds is 13. The number of benzene rings is 3. The summed E-state index contributed by atoms with van der Waals surface area (Å²) in [5.41, 5.74) is 4.32. The smallest absolute Gasteiger partial charge is 0.263 e. The fourth-order valence-corrected chi connectivity index (χ4v) is 8.14. The van der Waals surface area contributed by atoms with Gasteiger partial charge in [-0.15, -0.1) is 0 Å². The highest BCUT2D eigenvalue weighted by atomic mass is 32.2. The molecule has 44 heavy (non-hydrogen) atoms. The zero-order valence-electron chi connectivity index (χ0n) is 25.8. The lowest BCUT2D eigenvalue weighted by atomic mass is 10.1. The molecule has 1 aromatic heterocycles. The molecular weight excluding hydrogens is 613 g/mol. The zero-order valence-corrected chi connectivity index (χ0v) is 28.2. The van der Waals surface area contributed by atoms with Crippen LogP contribution < -0.4 is 20.0 Å². The van der Waals surface area contributed by atoms with Crippen LogP contribution in [0.2, 0.25) is 0 Å². The van der Waals surface area contributed by atoms with Gasteiger partial charge in [0.1, 0.15) is 4.70 Å². The van der Waals surface area contributed by atoms with E-state index in [1.807, 2.05) is 6.07 Å². The Morgan fingerprint density at radius 2 is 1.93 bits per heavy atom. The Bertz CT molecular complexity index is 1710. The largest absolute Gasteiger partial charge is 0.691 e. The fourth-order valence-electron chi connectivity index (χ4n) is 5.39. The molecule has 2 heterocycles. The van der Waals surface area contributed by atoms with E-state index in [9.17, 15) is 10.1 Å².